The smallest absolute Gasteiger partial charge is 0.308 e. The van der Waals surface area contributed by atoms with Gasteiger partial charge in [-0.2, -0.15) is 0 Å². The van der Waals surface area contributed by atoms with Gasteiger partial charge in [0.15, 0.2) is 0 Å². The molecule has 0 aliphatic heterocycles. The van der Waals surface area contributed by atoms with E-state index >= 15 is 0 Å². The van der Waals surface area contributed by atoms with E-state index < -0.39 is 47.9 Å². The quantitative estimate of drug-likeness (QED) is 0.270. The number of aliphatic hydroxyl groups excluding tert-OH is 1. The number of carboxylic acids is 2. The van der Waals surface area contributed by atoms with Gasteiger partial charge < -0.3 is 26.4 Å². The van der Waals surface area contributed by atoms with E-state index in [0.29, 0.717) is 5.70 Å². The number of benzene rings is 3. The maximum Gasteiger partial charge on any atom is 0.308 e. The maximum atomic E-state index is 12.0. The number of aliphatic hydroxyl groups is 1. The average Bonchev–Trinajstić information content (AvgIpc) is 2.92. The molecular formula is C30H30N2O5. The standard InChI is InChI=1S/C30H30N2O5/c31-26-18-24(16-17-29(26,20-33)25(28(36)37)19-27(34)35)32-30(21-10-4-1-5-11-21,22-12-6-2-7-13-22)23-14-8-3-9-15-23/h1-18,25-26,32-33H,19-20,31H2,(H,34,35)(H,36,37). The molecule has 3 aromatic carbocycles. The largest absolute Gasteiger partial charge is 0.481 e. The summed E-state index contributed by atoms with van der Waals surface area (Å²) >= 11 is 0. The van der Waals surface area contributed by atoms with Gasteiger partial charge in [0.1, 0.15) is 5.54 Å². The van der Waals surface area contributed by atoms with E-state index in [0.717, 1.165) is 16.7 Å². The number of nitrogens with one attached hydrogen (secondary N) is 1. The third-order valence-corrected chi connectivity index (χ3v) is 7.10. The summed E-state index contributed by atoms with van der Waals surface area (Å²) in [5.74, 6) is -4.00. The Balaban J connectivity index is 1.84. The molecule has 0 saturated carbocycles. The monoisotopic (exact) mass is 498 g/mol. The van der Waals surface area contributed by atoms with E-state index in [1.165, 1.54) is 6.08 Å². The molecule has 0 aromatic heterocycles. The van der Waals surface area contributed by atoms with E-state index in [2.05, 4.69) is 5.32 Å². The zero-order chi connectivity index (χ0) is 26.5. The van der Waals surface area contributed by atoms with Crippen molar-refractivity contribution in [1.29, 1.82) is 0 Å². The zero-order valence-electron chi connectivity index (χ0n) is 20.2. The minimum absolute atomic E-state index is 0.611. The summed E-state index contributed by atoms with van der Waals surface area (Å²) in [7, 11) is 0. The highest BCUT2D eigenvalue weighted by molar-refractivity contribution is 5.79. The van der Waals surface area contributed by atoms with Gasteiger partial charge in [-0.1, -0.05) is 97.1 Å². The Morgan fingerprint density at radius 2 is 1.32 bits per heavy atom. The molecule has 0 radical (unpaired) electrons. The van der Waals surface area contributed by atoms with Crippen molar-refractivity contribution in [2.75, 3.05) is 6.61 Å². The molecule has 0 saturated heterocycles. The summed E-state index contributed by atoms with van der Waals surface area (Å²) in [6.07, 6.45) is 4.22. The van der Waals surface area contributed by atoms with E-state index in [1.807, 2.05) is 91.0 Å². The molecule has 0 amide bonds. The van der Waals surface area contributed by atoms with Crippen LogP contribution < -0.4 is 11.1 Å². The normalized spacial score (nSPS) is 20.1. The number of hydrogen-bond donors (Lipinski definition) is 5. The summed E-state index contributed by atoms with van der Waals surface area (Å²) in [5, 5.41) is 33.0. The van der Waals surface area contributed by atoms with Crippen molar-refractivity contribution in [2.45, 2.75) is 18.0 Å². The van der Waals surface area contributed by atoms with Crippen molar-refractivity contribution < 1.29 is 24.9 Å². The van der Waals surface area contributed by atoms with Crippen molar-refractivity contribution >= 4 is 11.9 Å². The highest BCUT2D eigenvalue weighted by Crippen LogP contribution is 2.41. The average molecular weight is 499 g/mol. The first-order chi connectivity index (χ1) is 17.8. The zero-order valence-corrected chi connectivity index (χ0v) is 20.2. The minimum Gasteiger partial charge on any atom is -0.481 e. The first-order valence-electron chi connectivity index (χ1n) is 12.0. The number of carboxylic acid groups (broad SMARTS) is 2. The van der Waals surface area contributed by atoms with Crippen LogP contribution in [0.15, 0.2) is 115 Å². The highest BCUT2D eigenvalue weighted by atomic mass is 16.4. The number of nitrogens with two attached hydrogens (primary N) is 1. The van der Waals surface area contributed by atoms with Gasteiger partial charge in [-0.15, -0.1) is 0 Å². The van der Waals surface area contributed by atoms with Gasteiger partial charge in [-0.05, 0) is 28.8 Å². The van der Waals surface area contributed by atoms with Crippen LogP contribution >= 0.6 is 0 Å². The lowest BCUT2D eigenvalue weighted by Gasteiger charge is -2.42. The predicted molar refractivity (Wildman–Crippen MR) is 140 cm³/mol. The van der Waals surface area contributed by atoms with Crippen LogP contribution in [0.4, 0.5) is 0 Å². The molecule has 7 nitrogen and oxygen atoms in total. The molecule has 0 fully saturated rings. The van der Waals surface area contributed by atoms with Crippen LogP contribution in [0.25, 0.3) is 0 Å². The van der Waals surface area contributed by atoms with Crippen LogP contribution in [0, 0.1) is 11.3 Å². The van der Waals surface area contributed by atoms with Crippen molar-refractivity contribution in [3.63, 3.8) is 0 Å². The summed E-state index contributed by atoms with van der Waals surface area (Å²) in [5.41, 5.74) is 7.73. The van der Waals surface area contributed by atoms with Crippen molar-refractivity contribution in [2.24, 2.45) is 17.1 Å². The third-order valence-electron chi connectivity index (χ3n) is 7.10. The second kappa shape index (κ2) is 10.8. The number of allylic oxidation sites excluding steroid dienone is 1. The van der Waals surface area contributed by atoms with E-state index in [-0.39, 0.29) is 0 Å². The molecule has 7 heteroatoms. The van der Waals surface area contributed by atoms with Crippen molar-refractivity contribution in [1.82, 2.24) is 5.32 Å². The SMILES string of the molecule is NC1C=C(NC(c2ccccc2)(c2ccccc2)c2ccccc2)C=CC1(CO)C(CC(=O)O)C(=O)O. The highest BCUT2D eigenvalue weighted by Gasteiger charge is 2.48. The fourth-order valence-electron chi connectivity index (χ4n) is 5.14. The first-order valence-corrected chi connectivity index (χ1v) is 12.0. The molecule has 37 heavy (non-hydrogen) atoms. The molecule has 4 rings (SSSR count). The Morgan fingerprint density at radius 3 is 1.68 bits per heavy atom. The molecule has 1 aliphatic carbocycles. The molecule has 0 heterocycles. The number of aliphatic carboxylic acids is 2. The predicted octanol–water partition coefficient (Wildman–Crippen LogP) is 3.50. The Hall–Kier alpha value is -4.20. The molecule has 6 N–H and O–H groups in total. The van der Waals surface area contributed by atoms with Gasteiger partial charge in [0.05, 0.1) is 18.9 Å². The van der Waals surface area contributed by atoms with E-state index in [9.17, 15) is 24.9 Å². The second-order valence-corrected chi connectivity index (χ2v) is 9.21. The maximum absolute atomic E-state index is 12.0. The van der Waals surface area contributed by atoms with Crippen LogP contribution in [0.5, 0.6) is 0 Å². The van der Waals surface area contributed by atoms with Gasteiger partial charge in [-0.25, -0.2) is 0 Å². The van der Waals surface area contributed by atoms with Gasteiger partial charge >= 0.3 is 11.9 Å². The molecule has 3 aromatic rings. The van der Waals surface area contributed by atoms with Gasteiger partial charge in [0, 0.05) is 17.2 Å². The Morgan fingerprint density at radius 1 is 0.865 bits per heavy atom. The second-order valence-electron chi connectivity index (χ2n) is 9.21. The van der Waals surface area contributed by atoms with E-state index in [1.54, 1.807) is 12.2 Å². The summed E-state index contributed by atoms with van der Waals surface area (Å²) < 4.78 is 0. The molecule has 0 spiro atoms. The van der Waals surface area contributed by atoms with Crippen molar-refractivity contribution in [3.05, 3.63) is 132 Å². The summed E-state index contributed by atoms with van der Waals surface area (Å²) in [4.78, 5) is 23.4. The Bertz CT molecular complexity index is 1190. The molecule has 190 valence electrons. The number of rotatable bonds is 10. The molecule has 0 bridgehead atoms. The van der Waals surface area contributed by atoms with Crippen molar-refractivity contribution in [3.8, 4) is 0 Å². The van der Waals surface area contributed by atoms with Crippen LogP contribution in [-0.2, 0) is 15.1 Å². The summed E-state index contributed by atoms with van der Waals surface area (Å²) in [6, 6.07) is 28.9. The van der Waals surface area contributed by atoms with Crippen LogP contribution in [-0.4, -0.2) is 39.9 Å². The Labute approximate surface area is 215 Å². The lowest BCUT2D eigenvalue weighted by Crippen LogP contribution is -2.53. The van der Waals surface area contributed by atoms with Gasteiger partial charge in [0.25, 0.3) is 0 Å². The molecule has 3 unspecified atom stereocenters. The summed E-state index contributed by atoms with van der Waals surface area (Å²) in [6.45, 7) is -0.611. The number of hydrogen-bond acceptors (Lipinski definition) is 5. The lowest BCUT2D eigenvalue weighted by molar-refractivity contribution is -0.153. The first kappa shape index (κ1) is 25.9. The molecule has 3 atom stereocenters. The van der Waals surface area contributed by atoms with Crippen LogP contribution in [0.3, 0.4) is 0 Å². The topological polar surface area (TPSA) is 133 Å². The fraction of sp³-hybridized carbons (Fsp3) is 0.200. The minimum atomic E-state index is -1.47. The van der Waals surface area contributed by atoms with Crippen LogP contribution in [0.1, 0.15) is 23.1 Å². The van der Waals surface area contributed by atoms with Gasteiger partial charge in [0.2, 0.25) is 0 Å². The van der Waals surface area contributed by atoms with Crippen LogP contribution in [0.2, 0.25) is 0 Å². The third kappa shape index (κ3) is 4.91. The van der Waals surface area contributed by atoms with E-state index in [4.69, 9.17) is 5.73 Å². The fourth-order valence-corrected chi connectivity index (χ4v) is 5.14. The molecule has 1 aliphatic rings. The Kier molecular flexibility index (Phi) is 7.57. The molecular weight excluding hydrogens is 468 g/mol. The van der Waals surface area contributed by atoms with Gasteiger partial charge in [-0.3, -0.25) is 9.59 Å². The lowest BCUT2D eigenvalue weighted by atomic mass is 9.67. The number of carbonyl (C=O) groups is 2.